The lowest BCUT2D eigenvalue weighted by Crippen LogP contribution is -2.31. The Labute approximate surface area is 121 Å². The quantitative estimate of drug-likeness (QED) is 0.822. The van der Waals surface area contributed by atoms with Crippen molar-refractivity contribution in [2.75, 3.05) is 6.61 Å². The van der Waals surface area contributed by atoms with E-state index in [4.69, 9.17) is 9.15 Å². The standard InChI is InChI=1S/C15H15NO5/c1-10(13-7-4-8-20-13)16-14(18)9-21-15(19)11-5-2-3-6-12(11)17/h2-8,10,17H,9H2,1H3,(H,16,18)/t10-/m1/s1. The van der Waals surface area contributed by atoms with Crippen molar-refractivity contribution in [3.63, 3.8) is 0 Å². The summed E-state index contributed by atoms with van der Waals surface area (Å²) < 4.78 is 10.00. The number of nitrogens with one attached hydrogen (secondary N) is 1. The average Bonchev–Trinajstić information content (AvgIpc) is 2.99. The van der Waals surface area contributed by atoms with Crippen molar-refractivity contribution in [3.05, 3.63) is 54.0 Å². The van der Waals surface area contributed by atoms with E-state index in [1.165, 1.54) is 18.4 Å². The SMILES string of the molecule is C[C@@H](NC(=O)COC(=O)c1ccccc1O)c1ccco1. The minimum atomic E-state index is -0.756. The summed E-state index contributed by atoms with van der Waals surface area (Å²) in [6.07, 6.45) is 1.51. The van der Waals surface area contributed by atoms with E-state index in [-0.39, 0.29) is 17.4 Å². The van der Waals surface area contributed by atoms with Gasteiger partial charge < -0.3 is 19.6 Å². The van der Waals surface area contributed by atoms with Gasteiger partial charge in [0.2, 0.25) is 0 Å². The van der Waals surface area contributed by atoms with Gasteiger partial charge in [0.05, 0.1) is 12.3 Å². The average molecular weight is 289 g/mol. The van der Waals surface area contributed by atoms with Crippen molar-refractivity contribution in [1.29, 1.82) is 0 Å². The molecule has 0 bridgehead atoms. The molecule has 0 aliphatic heterocycles. The van der Waals surface area contributed by atoms with Crippen LogP contribution in [0.4, 0.5) is 0 Å². The lowest BCUT2D eigenvalue weighted by atomic mass is 10.2. The highest BCUT2D eigenvalue weighted by Crippen LogP contribution is 2.16. The molecule has 1 amide bonds. The Balaban J connectivity index is 1.84. The molecule has 0 unspecified atom stereocenters. The maximum absolute atomic E-state index is 11.7. The van der Waals surface area contributed by atoms with Gasteiger partial charge in [-0.3, -0.25) is 4.79 Å². The van der Waals surface area contributed by atoms with Crippen LogP contribution in [0.25, 0.3) is 0 Å². The van der Waals surface area contributed by atoms with E-state index in [1.54, 1.807) is 31.2 Å². The summed E-state index contributed by atoms with van der Waals surface area (Å²) in [4.78, 5) is 23.4. The Morgan fingerprint density at radius 3 is 2.71 bits per heavy atom. The smallest absolute Gasteiger partial charge is 0.342 e. The minimum absolute atomic E-state index is 0.0179. The molecule has 0 aliphatic carbocycles. The highest BCUT2D eigenvalue weighted by Gasteiger charge is 2.16. The summed E-state index contributed by atoms with van der Waals surface area (Å²) in [6, 6.07) is 9.10. The number of aromatic hydroxyl groups is 1. The van der Waals surface area contributed by atoms with Crippen LogP contribution in [0.1, 0.15) is 29.1 Å². The summed E-state index contributed by atoms with van der Waals surface area (Å²) >= 11 is 0. The number of amides is 1. The molecule has 21 heavy (non-hydrogen) atoms. The number of carbonyl (C=O) groups excluding carboxylic acids is 2. The van der Waals surface area contributed by atoms with Gasteiger partial charge in [0.15, 0.2) is 6.61 Å². The van der Waals surface area contributed by atoms with Crippen LogP contribution < -0.4 is 5.32 Å². The molecule has 0 radical (unpaired) electrons. The largest absolute Gasteiger partial charge is 0.507 e. The molecule has 0 saturated carbocycles. The Morgan fingerprint density at radius 1 is 1.29 bits per heavy atom. The van der Waals surface area contributed by atoms with Crippen molar-refractivity contribution in [2.24, 2.45) is 0 Å². The van der Waals surface area contributed by atoms with E-state index in [0.29, 0.717) is 5.76 Å². The van der Waals surface area contributed by atoms with Crippen molar-refractivity contribution >= 4 is 11.9 Å². The highest BCUT2D eigenvalue weighted by molar-refractivity contribution is 5.93. The number of carbonyl (C=O) groups is 2. The van der Waals surface area contributed by atoms with Gasteiger partial charge in [-0.25, -0.2) is 4.79 Å². The summed E-state index contributed by atoms with van der Waals surface area (Å²) in [7, 11) is 0. The number of rotatable bonds is 5. The number of phenolic OH excluding ortho intramolecular Hbond substituents is 1. The fourth-order valence-corrected chi connectivity index (χ4v) is 1.75. The molecule has 110 valence electrons. The number of benzene rings is 1. The zero-order valence-corrected chi connectivity index (χ0v) is 11.4. The van der Waals surface area contributed by atoms with Gasteiger partial charge in [-0.2, -0.15) is 0 Å². The molecule has 0 fully saturated rings. The van der Waals surface area contributed by atoms with Gasteiger partial charge in [-0.15, -0.1) is 0 Å². The second kappa shape index (κ2) is 6.60. The third-order valence-electron chi connectivity index (χ3n) is 2.81. The number of hydrogen-bond donors (Lipinski definition) is 2. The molecule has 1 aromatic carbocycles. The van der Waals surface area contributed by atoms with Crippen molar-refractivity contribution < 1.29 is 23.8 Å². The zero-order chi connectivity index (χ0) is 15.2. The molecule has 6 nitrogen and oxygen atoms in total. The Bertz CT molecular complexity index is 621. The van der Waals surface area contributed by atoms with Crippen molar-refractivity contribution in [1.82, 2.24) is 5.32 Å². The molecule has 6 heteroatoms. The Kier molecular flexibility index (Phi) is 4.61. The lowest BCUT2D eigenvalue weighted by Gasteiger charge is -2.11. The number of esters is 1. The van der Waals surface area contributed by atoms with Gasteiger partial charge >= 0.3 is 5.97 Å². The first-order valence-corrected chi connectivity index (χ1v) is 6.36. The van der Waals surface area contributed by atoms with Gasteiger partial charge in [0.1, 0.15) is 17.1 Å². The lowest BCUT2D eigenvalue weighted by molar-refractivity contribution is -0.125. The van der Waals surface area contributed by atoms with Crippen LogP contribution in [0.3, 0.4) is 0 Å². The molecule has 2 rings (SSSR count). The van der Waals surface area contributed by atoms with E-state index in [9.17, 15) is 14.7 Å². The van der Waals surface area contributed by atoms with Gasteiger partial charge in [-0.1, -0.05) is 12.1 Å². The number of ether oxygens (including phenoxy) is 1. The molecular formula is C15H15NO5. The topological polar surface area (TPSA) is 88.8 Å². The molecular weight excluding hydrogens is 274 g/mol. The van der Waals surface area contributed by atoms with E-state index in [0.717, 1.165) is 0 Å². The van der Waals surface area contributed by atoms with E-state index in [2.05, 4.69) is 5.32 Å². The Morgan fingerprint density at radius 2 is 2.05 bits per heavy atom. The third kappa shape index (κ3) is 3.85. The van der Waals surface area contributed by atoms with Crippen LogP contribution in [0.2, 0.25) is 0 Å². The van der Waals surface area contributed by atoms with E-state index >= 15 is 0 Å². The first-order chi connectivity index (χ1) is 10.1. The molecule has 0 aliphatic rings. The maximum atomic E-state index is 11.7. The number of furan rings is 1. The normalized spacial score (nSPS) is 11.7. The Hall–Kier alpha value is -2.76. The fourth-order valence-electron chi connectivity index (χ4n) is 1.75. The van der Waals surface area contributed by atoms with Gasteiger partial charge in [0.25, 0.3) is 5.91 Å². The molecule has 2 aromatic rings. The highest BCUT2D eigenvalue weighted by atomic mass is 16.5. The van der Waals surface area contributed by atoms with Crippen LogP contribution >= 0.6 is 0 Å². The second-order valence-electron chi connectivity index (χ2n) is 4.40. The van der Waals surface area contributed by atoms with Crippen LogP contribution in [0.15, 0.2) is 47.1 Å². The van der Waals surface area contributed by atoms with Crippen molar-refractivity contribution in [3.8, 4) is 5.75 Å². The van der Waals surface area contributed by atoms with Crippen LogP contribution in [0.5, 0.6) is 5.75 Å². The summed E-state index contributed by atoms with van der Waals surface area (Å²) in [6.45, 7) is 1.32. The summed E-state index contributed by atoms with van der Waals surface area (Å²) in [5.41, 5.74) is 0.0179. The summed E-state index contributed by atoms with van der Waals surface area (Å²) in [5, 5.41) is 12.1. The first kappa shape index (κ1) is 14.6. The zero-order valence-electron chi connectivity index (χ0n) is 11.4. The van der Waals surface area contributed by atoms with E-state index < -0.39 is 18.5 Å². The van der Waals surface area contributed by atoms with Crippen LogP contribution in [-0.4, -0.2) is 23.6 Å². The molecule has 1 aromatic heterocycles. The predicted octanol–water partition coefficient (Wildman–Crippen LogP) is 2.02. The number of phenols is 1. The van der Waals surface area contributed by atoms with Gasteiger partial charge in [-0.05, 0) is 31.2 Å². The van der Waals surface area contributed by atoms with Crippen LogP contribution in [0, 0.1) is 0 Å². The first-order valence-electron chi connectivity index (χ1n) is 6.36. The fraction of sp³-hybridized carbons (Fsp3) is 0.200. The minimum Gasteiger partial charge on any atom is -0.507 e. The van der Waals surface area contributed by atoms with E-state index in [1.807, 2.05) is 0 Å². The summed E-state index contributed by atoms with van der Waals surface area (Å²) in [5.74, 6) is -0.793. The second-order valence-corrected chi connectivity index (χ2v) is 4.40. The maximum Gasteiger partial charge on any atom is 0.342 e. The van der Waals surface area contributed by atoms with Gasteiger partial charge in [0, 0.05) is 0 Å². The predicted molar refractivity (Wildman–Crippen MR) is 73.7 cm³/mol. The monoisotopic (exact) mass is 289 g/mol. The number of hydrogen-bond acceptors (Lipinski definition) is 5. The number of para-hydroxylation sites is 1. The molecule has 1 heterocycles. The molecule has 1 atom stereocenters. The molecule has 2 N–H and O–H groups in total. The molecule has 0 saturated heterocycles. The van der Waals surface area contributed by atoms with Crippen LogP contribution in [-0.2, 0) is 9.53 Å². The third-order valence-corrected chi connectivity index (χ3v) is 2.81. The molecule has 0 spiro atoms. The van der Waals surface area contributed by atoms with Crippen molar-refractivity contribution in [2.45, 2.75) is 13.0 Å².